The summed E-state index contributed by atoms with van der Waals surface area (Å²) in [5.41, 5.74) is -3.77. The third-order valence-corrected chi connectivity index (χ3v) is 5.64. The Kier molecular flexibility index (Phi) is 7.89. The quantitative estimate of drug-likeness (QED) is 0.342. The number of esters is 2. The van der Waals surface area contributed by atoms with Crippen molar-refractivity contribution >= 4 is 29.1 Å². The molecule has 0 unspecified atom stereocenters. The fourth-order valence-electron chi connectivity index (χ4n) is 3.49. The maximum Gasteiger partial charge on any atom is 0.338 e. The normalized spacial score (nSPS) is 21.5. The molecule has 0 heterocycles. The molecule has 0 radical (unpaired) electrons. The number of nitrogens with zero attached hydrogens (tertiary/aromatic N) is 2. The number of non-ortho nitro benzene ring substituents is 2. The van der Waals surface area contributed by atoms with E-state index in [2.05, 4.69) is 0 Å². The molecule has 0 saturated heterocycles. The van der Waals surface area contributed by atoms with Crippen molar-refractivity contribution in [2.24, 2.45) is 10.8 Å². The molecule has 0 aromatic heterocycles. The summed E-state index contributed by atoms with van der Waals surface area (Å²) in [6, 6.07) is 2.51. The van der Waals surface area contributed by atoms with Gasteiger partial charge in [-0.3, -0.25) is 29.8 Å². The number of Topliss-reactive ketones (excluding diaryl/α,β-unsaturated/α-hetero) is 1. The van der Waals surface area contributed by atoms with Gasteiger partial charge in [-0.1, -0.05) is 6.42 Å². The van der Waals surface area contributed by atoms with E-state index in [1.807, 2.05) is 0 Å². The molecule has 1 saturated carbocycles. The fourth-order valence-corrected chi connectivity index (χ4v) is 3.49. The fraction of sp³-hybridized carbons (Fsp3) is 0.591. The summed E-state index contributed by atoms with van der Waals surface area (Å²) in [7, 11) is 0. The molecule has 0 aliphatic heterocycles. The van der Waals surface area contributed by atoms with Gasteiger partial charge in [0.25, 0.3) is 11.4 Å². The number of ether oxygens (including phenoxy) is 2. The van der Waals surface area contributed by atoms with Gasteiger partial charge >= 0.3 is 11.9 Å². The lowest BCUT2D eigenvalue weighted by molar-refractivity contribution is -0.394. The first-order valence-corrected chi connectivity index (χ1v) is 10.6. The average molecular weight is 464 g/mol. The van der Waals surface area contributed by atoms with Crippen LogP contribution in [0.3, 0.4) is 0 Å². The van der Waals surface area contributed by atoms with Crippen molar-refractivity contribution in [2.75, 3.05) is 6.61 Å². The van der Waals surface area contributed by atoms with Gasteiger partial charge in [0, 0.05) is 18.6 Å². The van der Waals surface area contributed by atoms with Gasteiger partial charge in [0.15, 0.2) is 0 Å². The summed E-state index contributed by atoms with van der Waals surface area (Å²) in [6.45, 7) is 6.28. The smallest absolute Gasteiger partial charge is 0.338 e. The SMILES string of the molecule is CC(C)(C)C(=O)OC[C@]1(C)C(=O)CCCCC[C@@H]1OC(=O)c1cc([N+](=O)[O-])cc([N+](=O)[O-])c1. The zero-order chi connectivity index (χ0) is 25.0. The summed E-state index contributed by atoms with van der Waals surface area (Å²) in [5, 5.41) is 22.3. The molecule has 33 heavy (non-hydrogen) atoms. The third kappa shape index (κ3) is 6.33. The van der Waals surface area contributed by atoms with Crippen LogP contribution in [0.4, 0.5) is 11.4 Å². The van der Waals surface area contributed by atoms with E-state index in [1.54, 1.807) is 27.7 Å². The van der Waals surface area contributed by atoms with Crippen LogP contribution in [0.2, 0.25) is 0 Å². The van der Waals surface area contributed by atoms with Crippen LogP contribution < -0.4 is 0 Å². The van der Waals surface area contributed by atoms with E-state index in [0.29, 0.717) is 19.3 Å². The van der Waals surface area contributed by atoms with Gasteiger partial charge in [0.1, 0.15) is 18.5 Å². The summed E-state index contributed by atoms with van der Waals surface area (Å²) >= 11 is 0. The molecule has 2 rings (SSSR count). The van der Waals surface area contributed by atoms with Gasteiger partial charge in [-0.2, -0.15) is 0 Å². The number of ketones is 1. The van der Waals surface area contributed by atoms with E-state index in [-0.39, 0.29) is 24.4 Å². The molecule has 0 N–H and O–H groups in total. The molecule has 1 aromatic rings. The van der Waals surface area contributed by atoms with Crippen molar-refractivity contribution < 1.29 is 33.7 Å². The molecule has 0 spiro atoms. The summed E-state index contributed by atoms with van der Waals surface area (Å²) in [5.74, 6) is -1.78. The largest absolute Gasteiger partial charge is 0.464 e. The van der Waals surface area contributed by atoms with Gasteiger partial charge in [0.2, 0.25) is 0 Å². The van der Waals surface area contributed by atoms with E-state index >= 15 is 0 Å². The van der Waals surface area contributed by atoms with Crippen LogP contribution in [0.5, 0.6) is 0 Å². The minimum absolute atomic E-state index is 0.222. The Balaban J connectivity index is 2.36. The van der Waals surface area contributed by atoms with E-state index < -0.39 is 50.1 Å². The highest BCUT2D eigenvalue weighted by Gasteiger charge is 2.45. The average Bonchev–Trinajstić information content (AvgIpc) is 2.73. The number of nitro groups is 2. The molecule has 11 heteroatoms. The summed E-state index contributed by atoms with van der Waals surface area (Å²) < 4.78 is 11.0. The monoisotopic (exact) mass is 464 g/mol. The van der Waals surface area contributed by atoms with Crippen LogP contribution in [-0.4, -0.2) is 40.3 Å². The minimum Gasteiger partial charge on any atom is -0.464 e. The molecule has 1 aliphatic rings. The molecular formula is C22H28N2O9. The molecular weight excluding hydrogens is 436 g/mol. The number of carbonyl (C=O) groups is 3. The lowest BCUT2D eigenvalue weighted by Crippen LogP contribution is -2.47. The standard InChI is InChI=1S/C22H28N2O9/c1-21(2,3)20(27)32-13-22(4)17(25)8-6-5-7-9-18(22)33-19(26)14-10-15(23(28)29)12-16(11-14)24(30)31/h10-12,18H,5-9,13H2,1-4H3/t18-,22+/m0/s1. The van der Waals surface area contributed by atoms with Crippen LogP contribution in [0.1, 0.15) is 70.2 Å². The van der Waals surface area contributed by atoms with E-state index in [9.17, 15) is 34.6 Å². The molecule has 0 amide bonds. The summed E-state index contributed by atoms with van der Waals surface area (Å²) in [6.07, 6.45) is 1.57. The second kappa shape index (κ2) is 10.1. The van der Waals surface area contributed by atoms with Crippen molar-refractivity contribution in [3.63, 3.8) is 0 Å². The first kappa shape index (κ1) is 25.9. The lowest BCUT2D eigenvalue weighted by Gasteiger charge is -2.37. The second-order valence-electron chi connectivity index (χ2n) is 9.41. The Hall–Kier alpha value is -3.37. The predicted molar refractivity (Wildman–Crippen MR) is 116 cm³/mol. The number of hydrogen-bond donors (Lipinski definition) is 0. The molecule has 0 bridgehead atoms. The molecule has 1 fully saturated rings. The second-order valence-corrected chi connectivity index (χ2v) is 9.41. The molecule has 1 aliphatic carbocycles. The van der Waals surface area contributed by atoms with E-state index in [0.717, 1.165) is 24.6 Å². The Morgan fingerprint density at radius 3 is 2.15 bits per heavy atom. The first-order chi connectivity index (χ1) is 15.3. The number of carbonyl (C=O) groups excluding carboxylic acids is 3. The number of hydrogen-bond acceptors (Lipinski definition) is 9. The Morgan fingerprint density at radius 1 is 1.06 bits per heavy atom. The van der Waals surface area contributed by atoms with E-state index in [1.165, 1.54) is 0 Å². The highest BCUT2D eigenvalue weighted by atomic mass is 16.6. The van der Waals surface area contributed by atoms with Crippen LogP contribution in [0.25, 0.3) is 0 Å². The maximum atomic E-state index is 13.0. The van der Waals surface area contributed by atoms with Gasteiger partial charge in [-0.05, 0) is 47.0 Å². The first-order valence-electron chi connectivity index (χ1n) is 10.6. The number of nitro benzene ring substituents is 2. The molecule has 2 atom stereocenters. The van der Waals surface area contributed by atoms with Gasteiger partial charge < -0.3 is 9.47 Å². The van der Waals surface area contributed by atoms with Crippen LogP contribution >= 0.6 is 0 Å². The van der Waals surface area contributed by atoms with Gasteiger partial charge in [0.05, 0.1) is 32.3 Å². The van der Waals surface area contributed by atoms with E-state index in [4.69, 9.17) is 9.47 Å². The molecule has 1 aromatic carbocycles. The van der Waals surface area contributed by atoms with Gasteiger partial charge in [-0.15, -0.1) is 0 Å². The summed E-state index contributed by atoms with van der Waals surface area (Å²) in [4.78, 5) is 58.7. The topological polar surface area (TPSA) is 156 Å². The highest BCUT2D eigenvalue weighted by molar-refractivity contribution is 5.92. The zero-order valence-corrected chi connectivity index (χ0v) is 19.1. The Morgan fingerprint density at radius 2 is 1.64 bits per heavy atom. The Bertz CT molecular complexity index is 935. The molecule has 180 valence electrons. The van der Waals surface area contributed by atoms with Gasteiger partial charge in [-0.25, -0.2) is 4.79 Å². The van der Waals surface area contributed by atoms with Crippen molar-refractivity contribution in [1.82, 2.24) is 0 Å². The lowest BCUT2D eigenvalue weighted by atomic mass is 9.75. The van der Waals surface area contributed by atoms with Crippen molar-refractivity contribution in [3.8, 4) is 0 Å². The highest BCUT2D eigenvalue weighted by Crippen LogP contribution is 2.36. The van der Waals surface area contributed by atoms with Crippen LogP contribution in [-0.2, 0) is 19.1 Å². The van der Waals surface area contributed by atoms with Crippen molar-refractivity contribution in [2.45, 2.75) is 65.9 Å². The van der Waals surface area contributed by atoms with Crippen molar-refractivity contribution in [1.29, 1.82) is 0 Å². The Labute approximate surface area is 190 Å². The maximum absolute atomic E-state index is 13.0. The van der Waals surface area contributed by atoms with Crippen LogP contribution in [0.15, 0.2) is 18.2 Å². The third-order valence-electron chi connectivity index (χ3n) is 5.64. The number of rotatable bonds is 6. The number of benzene rings is 1. The minimum atomic E-state index is -1.33. The zero-order valence-electron chi connectivity index (χ0n) is 19.1. The predicted octanol–water partition coefficient (Wildman–Crippen LogP) is 4.16. The molecule has 11 nitrogen and oxygen atoms in total. The van der Waals surface area contributed by atoms with Crippen LogP contribution in [0, 0.1) is 31.1 Å². The van der Waals surface area contributed by atoms with Crippen molar-refractivity contribution in [3.05, 3.63) is 44.0 Å².